The summed E-state index contributed by atoms with van der Waals surface area (Å²) in [5.41, 5.74) is 1.77. The van der Waals surface area contributed by atoms with Crippen molar-refractivity contribution >= 4 is 16.8 Å². The van der Waals surface area contributed by atoms with Gasteiger partial charge in [0.25, 0.3) is 0 Å². The van der Waals surface area contributed by atoms with Crippen LogP contribution in [0.15, 0.2) is 35.0 Å². The number of aromatic nitrogens is 3. The predicted octanol–water partition coefficient (Wildman–Crippen LogP) is 1.59. The van der Waals surface area contributed by atoms with Crippen LogP contribution in [-0.4, -0.2) is 41.3 Å². The van der Waals surface area contributed by atoms with E-state index in [0.717, 1.165) is 16.5 Å². The van der Waals surface area contributed by atoms with Crippen molar-refractivity contribution in [2.75, 3.05) is 20.3 Å². The first-order valence-electron chi connectivity index (χ1n) is 6.47. The monoisotopic (exact) mass is 286 g/mol. The third-order valence-electron chi connectivity index (χ3n) is 3.04. The lowest BCUT2D eigenvalue weighted by Crippen LogP contribution is -2.27. The topological polar surface area (TPSA) is 93.0 Å². The van der Waals surface area contributed by atoms with Crippen LogP contribution >= 0.6 is 0 Å². The number of nitrogens with zero attached hydrogens (tertiary/aromatic N) is 2. The van der Waals surface area contributed by atoms with Crippen molar-refractivity contribution < 1.29 is 14.1 Å². The second-order valence-corrected chi connectivity index (χ2v) is 4.42. The maximum Gasteiger partial charge on any atom is 0.316 e. The molecular formula is C14H14N4O3. The lowest BCUT2D eigenvalue weighted by molar-refractivity contribution is 0.0893. The number of benzene rings is 1. The normalized spacial score (nSPS) is 10.9. The molecular weight excluding hydrogens is 272 g/mol. The van der Waals surface area contributed by atoms with Gasteiger partial charge in [0.05, 0.1) is 6.61 Å². The Balaban J connectivity index is 1.83. The first-order valence-corrected chi connectivity index (χ1v) is 6.47. The van der Waals surface area contributed by atoms with Gasteiger partial charge in [0.2, 0.25) is 5.82 Å². The van der Waals surface area contributed by atoms with E-state index in [9.17, 15) is 4.79 Å². The highest BCUT2D eigenvalue weighted by molar-refractivity contribution is 5.94. The lowest BCUT2D eigenvalue weighted by atomic mass is 10.2. The second kappa shape index (κ2) is 5.76. The van der Waals surface area contributed by atoms with Gasteiger partial charge in [-0.3, -0.25) is 4.79 Å². The highest BCUT2D eigenvalue weighted by Gasteiger charge is 2.17. The molecule has 0 aliphatic heterocycles. The van der Waals surface area contributed by atoms with E-state index in [0.29, 0.717) is 19.0 Å². The van der Waals surface area contributed by atoms with Crippen molar-refractivity contribution in [3.63, 3.8) is 0 Å². The molecule has 0 aliphatic carbocycles. The van der Waals surface area contributed by atoms with Gasteiger partial charge in [-0.05, 0) is 6.07 Å². The Bertz CT molecular complexity index is 762. The van der Waals surface area contributed by atoms with Gasteiger partial charge >= 0.3 is 11.8 Å². The minimum atomic E-state index is -0.411. The summed E-state index contributed by atoms with van der Waals surface area (Å²) in [7, 11) is 1.56. The van der Waals surface area contributed by atoms with E-state index < -0.39 is 5.91 Å². The fourth-order valence-corrected chi connectivity index (χ4v) is 2.02. The van der Waals surface area contributed by atoms with E-state index in [-0.39, 0.29) is 5.89 Å². The summed E-state index contributed by atoms with van der Waals surface area (Å²) in [5.74, 6) is -0.0960. The number of para-hydroxylation sites is 1. The molecule has 0 saturated carbocycles. The zero-order chi connectivity index (χ0) is 14.7. The van der Waals surface area contributed by atoms with E-state index in [2.05, 4.69) is 20.4 Å². The highest BCUT2D eigenvalue weighted by Crippen LogP contribution is 2.25. The van der Waals surface area contributed by atoms with Crippen LogP contribution in [0.5, 0.6) is 0 Å². The van der Waals surface area contributed by atoms with E-state index in [1.54, 1.807) is 13.3 Å². The minimum absolute atomic E-state index is 0.0635. The maximum atomic E-state index is 11.8. The molecule has 7 nitrogen and oxygen atoms in total. The number of nitrogens with one attached hydrogen (secondary N) is 2. The maximum absolute atomic E-state index is 11.8. The molecule has 0 spiro atoms. The van der Waals surface area contributed by atoms with Gasteiger partial charge in [0, 0.05) is 36.3 Å². The summed E-state index contributed by atoms with van der Waals surface area (Å²) in [6.07, 6.45) is 1.79. The number of carbonyl (C=O) groups is 1. The molecule has 2 N–H and O–H groups in total. The summed E-state index contributed by atoms with van der Waals surface area (Å²) in [6.45, 7) is 0.815. The molecule has 2 heterocycles. The molecule has 3 aromatic rings. The quantitative estimate of drug-likeness (QED) is 0.695. The Kier molecular flexibility index (Phi) is 3.65. The molecule has 21 heavy (non-hydrogen) atoms. The molecule has 0 aliphatic rings. The number of amides is 1. The van der Waals surface area contributed by atoms with Crippen LogP contribution in [-0.2, 0) is 4.74 Å². The van der Waals surface area contributed by atoms with E-state index in [1.807, 2.05) is 24.3 Å². The number of hydrogen-bond donors (Lipinski definition) is 2. The molecule has 108 valence electrons. The standard InChI is InChI=1S/C14H14N4O3/c1-20-7-6-15-13(19)14-17-12(18-21-14)10-8-16-11-5-3-2-4-9(10)11/h2-5,8,16H,6-7H2,1H3,(H,15,19). The summed E-state index contributed by atoms with van der Waals surface area (Å²) in [4.78, 5) is 19.1. The van der Waals surface area contributed by atoms with Gasteiger partial charge in [0.1, 0.15) is 0 Å². The van der Waals surface area contributed by atoms with Crippen LogP contribution < -0.4 is 5.32 Å². The molecule has 2 aromatic heterocycles. The van der Waals surface area contributed by atoms with Crippen molar-refractivity contribution in [2.45, 2.75) is 0 Å². The van der Waals surface area contributed by atoms with Crippen LogP contribution in [0.3, 0.4) is 0 Å². The summed E-state index contributed by atoms with van der Waals surface area (Å²) in [6, 6.07) is 7.78. The first kappa shape index (κ1) is 13.3. The Morgan fingerprint density at radius 1 is 1.43 bits per heavy atom. The van der Waals surface area contributed by atoms with Crippen molar-refractivity contribution in [3.05, 3.63) is 36.4 Å². The molecule has 0 unspecified atom stereocenters. The average molecular weight is 286 g/mol. The van der Waals surface area contributed by atoms with Gasteiger partial charge in [-0.15, -0.1) is 0 Å². The third kappa shape index (κ3) is 2.63. The van der Waals surface area contributed by atoms with E-state index in [4.69, 9.17) is 9.26 Å². The number of rotatable bonds is 5. The highest BCUT2D eigenvalue weighted by atomic mass is 16.5. The van der Waals surface area contributed by atoms with Crippen LogP contribution in [0, 0.1) is 0 Å². The Morgan fingerprint density at radius 3 is 3.14 bits per heavy atom. The zero-order valence-electron chi connectivity index (χ0n) is 11.4. The van der Waals surface area contributed by atoms with Crippen LogP contribution in [0.1, 0.15) is 10.7 Å². The third-order valence-corrected chi connectivity index (χ3v) is 3.04. The molecule has 0 atom stereocenters. The number of carbonyl (C=O) groups excluding carboxylic acids is 1. The molecule has 0 bridgehead atoms. The van der Waals surface area contributed by atoms with Gasteiger partial charge in [0.15, 0.2) is 0 Å². The van der Waals surface area contributed by atoms with Crippen LogP contribution in [0.2, 0.25) is 0 Å². The number of H-pyrrole nitrogens is 1. The lowest BCUT2D eigenvalue weighted by Gasteiger charge is -1.99. The zero-order valence-corrected chi connectivity index (χ0v) is 11.4. The molecule has 3 rings (SSSR count). The van der Waals surface area contributed by atoms with Gasteiger partial charge in [-0.2, -0.15) is 4.98 Å². The molecule has 0 radical (unpaired) electrons. The number of aromatic amines is 1. The molecule has 0 saturated heterocycles. The number of fused-ring (bicyclic) bond motifs is 1. The average Bonchev–Trinajstić information content (AvgIpc) is 3.13. The Morgan fingerprint density at radius 2 is 2.29 bits per heavy atom. The number of ether oxygens (including phenoxy) is 1. The van der Waals surface area contributed by atoms with Crippen LogP contribution in [0.4, 0.5) is 0 Å². The summed E-state index contributed by atoms with van der Waals surface area (Å²) >= 11 is 0. The Hall–Kier alpha value is -2.67. The van der Waals surface area contributed by atoms with Gasteiger partial charge in [-0.25, -0.2) is 0 Å². The number of hydrogen-bond acceptors (Lipinski definition) is 5. The largest absolute Gasteiger partial charge is 0.383 e. The van der Waals surface area contributed by atoms with Crippen LogP contribution in [0.25, 0.3) is 22.3 Å². The van der Waals surface area contributed by atoms with Gasteiger partial charge < -0.3 is 19.6 Å². The smallest absolute Gasteiger partial charge is 0.316 e. The van der Waals surface area contributed by atoms with Crippen molar-refractivity contribution in [3.8, 4) is 11.4 Å². The van der Waals surface area contributed by atoms with Crippen molar-refractivity contribution in [2.24, 2.45) is 0 Å². The molecule has 1 amide bonds. The molecule has 1 aromatic carbocycles. The summed E-state index contributed by atoms with van der Waals surface area (Å²) < 4.78 is 9.86. The number of methoxy groups -OCH3 is 1. The second-order valence-electron chi connectivity index (χ2n) is 4.42. The SMILES string of the molecule is COCCNC(=O)c1nc(-c2c[nH]c3ccccc23)no1. The van der Waals surface area contributed by atoms with E-state index >= 15 is 0 Å². The predicted molar refractivity (Wildman–Crippen MR) is 75.8 cm³/mol. The molecule has 0 fully saturated rings. The fourth-order valence-electron chi connectivity index (χ4n) is 2.02. The van der Waals surface area contributed by atoms with Gasteiger partial charge in [-0.1, -0.05) is 23.4 Å². The van der Waals surface area contributed by atoms with Crippen molar-refractivity contribution in [1.29, 1.82) is 0 Å². The summed E-state index contributed by atoms with van der Waals surface area (Å²) in [5, 5.41) is 7.46. The first-order chi connectivity index (χ1) is 10.3. The van der Waals surface area contributed by atoms with Crippen molar-refractivity contribution in [1.82, 2.24) is 20.4 Å². The van der Waals surface area contributed by atoms with E-state index in [1.165, 1.54) is 0 Å². The minimum Gasteiger partial charge on any atom is -0.383 e. The molecule has 7 heteroatoms. The Labute approximate surface area is 120 Å². The fraction of sp³-hybridized carbons (Fsp3) is 0.214.